The van der Waals surface area contributed by atoms with E-state index in [1.165, 1.54) is 13.2 Å². The van der Waals surface area contributed by atoms with Crippen molar-refractivity contribution in [3.63, 3.8) is 0 Å². The minimum absolute atomic E-state index is 0.212. The Morgan fingerprint density at radius 1 is 1.33 bits per heavy atom. The number of hydrogen-bond acceptors (Lipinski definition) is 5. The quantitative estimate of drug-likeness (QED) is 0.644. The van der Waals surface area contributed by atoms with Crippen LogP contribution >= 0.6 is 11.6 Å². The molecule has 0 atom stereocenters. The van der Waals surface area contributed by atoms with Crippen molar-refractivity contribution < 1.29 is 19.4 Å². The van der Waals surface area contributed by atoms with Gasteiger partial charge in [-0.1, -0.05) is 25.4 Å². The summed E-state index contributed by atoms with van der Waals surface area (Å²) >= 11 is 5.95. The number of carbonyl (C=O) groups excluding carboxylic acids is 1. The van der Waals surface area contributed by atoms with Gasteiger partial charge in [-0.15, -0.1) is 0 Å². The van der Waals surface area contributed by atoms with Crippen molar-refractivity contribution in [3.05, 3.63) is 22.7 Å². The summed E-state index contributed by atoms with van der Waals surface area (Å²) in [7, 11) is 1.50. The number of benzene rings is 1. The van der Waals surface area contributed by atoms with Crippen LogP contribution in [0.25, 0.3) is 0 Å². The molecule has 0 heterocycles. The highest BCUT2D eigenvalue weighted by atomic mass is 35.5. The number of methoxy groups -OCH3 is 1. The molecule has 0 spiro atoms. The van der Waals surface area contributed by atoms with Crippen LogP contribution in [0.15, 0.2) is 12.1 Å². The minimum atomic E-state index is -0.833. The minimum Gasteiger partial charge on any atom is -0.496 e. The molecular weight excluding hydrogens is 334 g/mol. The van der Waals surface area contributed by atoms with E-state index in [1.807, 2.05) is 0 Å². The maximum Gasteiger partial charge on any atom is 0.300 e. The number of carboxylic acids is 1. The molecule has 0 aliphatic heterocycles. The molecule has 1 rings (SSSR count). The van der Waals surface area contributed by atoms with Crippen LogP contribution in [0.1, 0.15) is 31.1 Å². The number of hydrogen-bond donors (Lipinski definition) is 3. The van der Waals surface area contributed by atoms with Gasteiger partial charge < -0.3 is 25.8 Å². The Morgan fingerprint density at radius 2 is 1.88 bits per heavy atom. The van der Waals surface area contributed by atoms with Crippen LogP contribution in [0.5, 0.6) is 5.75 Å². The van der Waals surface area contributed by atoms with Crippen LogP contribution in [-0.2, 0) is 4.79 Å². The summed E-state index contributed by atoms with van der Waals surface area (Å²) in [5.41, 5.74) is 6.48. The summed E-state index contributed by atoms with van der Waals surface area (Å²) in [5, 5.41) is 10.6. The molecule has 0 saturated heterocycles. The summed E-state index contributed by atoms with van der Waals surface area (Å²) in [6.45, 7) is 8.57. The van der Waals surface area contributed by atoms with Crippen molar-refractivity contribution in [1.82, 2.24) is 10.2 Å². The molecule has 0 fully saturated rings. The van der Waals surface area contributed by atoms with E-state index in [0.29, 0.717) is 28.6 Å². The summed E-state index contributed by atoms with van der Waals surface area (Å²) in [6.07, 6.45) is 0. The van der Waals surface area contributed by atoms with E-state index in [9.17, 15) is 4.79 Å². The van der Waals surface area contributed by atoms with Crippen molar-refractivity contribution >= 4 is 29.2 Å². The standard InChI is InChI=1S/C14H22ClN3O2.C2H4O2/c1-4-18(5-2)7-6-17-14(19)10-8-11(15)12(16)9-13(10)20-3;1-2(3)4/h8-9H,4-7,16H2,1-3H3,(H,17,19);1H3,(H,3,4). The van der Waals surface area contributed by atoms with Crippen LogP contribution in [0, 0.1) is 0 Å². The molecule has 24 heavy (non-hydrogen) atoms. The van der Waals surface area contributed by atoms with Gasteiger partial charge in [-0.3, -0.25) is 9.59 Å². The number of nitrogens with two attached hydrogens (primary N) is 1. The molecule has 136 valence electrons. The molecule has 1 aromatic rings. The van der Waals surface area contributed by atoms with Crippen molar-refractivity contribution in [2.75, 3.05) is 39.0 Å². The molecule has 0 bridgehead atoms. The average molecular weight is 360 g/mol. The van der Waals surface area contributed by atoms with Gasteiger partial charge in [-0.25, -0.2) is 0 Å². The first-order valence-corrected chi connectivity index (χ1v) is 7.97. The lowest BCUT2D eigenvalue weighted by atomic mass is 10.1. The molecule has 7 nitrogen and oxygen atoms in total. The highest BCUT2D eigenvalue weighted by Gasteiger charge is 2.14. The second-order valence-corrected chi connectivity index (χ2v) is 5.28. The number of likely N-dealkylation sites (N-methyl/N-ethyl adjacent to an activating group) is 1. The van der Waals surface area contributed by atoms with E-state index in [2.05, 4.69) is 24.1 Å². The summed E-state index contributed by atoms with van der Waals surface area (Å²) < 4.78 is 5.16. The zero-order valence-corrected chi connectivity index (χ0v) is 15.3. The largest absolute Gasteiger partial charge is 0.496 e. The fraction of sp³-hybridized carbons (Fsp3) is 0.500. The van der Waals surface area contributed by atoms with Crippen molar-refractivity contribution in [2.24, 2.45) is 0 Å². The van der Waals surface area contributed by atoms with Gasteiger partial charge in [-0.2, -0.15) is 0 Å². The van der Waals surface area contributed by atoms with Crippen LogP contribution in [0.2, 0.25) is 5.02 Å². The Kier molecular flexibility index (Phi) is 10.6. The molecule has 0 aromatic heterocycles. The SMILES string of the molecule is CC(=O)O.CCN(CC)CCNC(=O)c1cc(Cl)c(N)cc1OC. The molecule has 0 unspecified atom stereocenters. The molecule has 0 saturated carbocycles. The van der Waals surface area contributed by atoms with Crippen molar-refractivity contribution in [2.45, 2.75) is 20.8 Å². The summed E-state index contributed by atoms with van der Waals surface area (Å²) in [5.74, 6) is -0.622. The molecule has 0 aliphatic carbocycles. The number of carbonyl (C=O) groups is 2. The number of anilines is 1. The second kappa shape index (κ2) is 11.5. The Bertz CT molecular complexity index is 544. The summed E-state index contributed by atoms with van der Waals surface area (Å²) in [6, 6.07) is 3.09. The highest BCUT2D eigenvalue weighted by Crippen LogP contribution is 2.28. The predicted octanol–water partition coefficient (Wildman–Crippen LogP) is 2.09. The third-order valence-electron chi connectivity index (χ3n) is 3.17. The molecular formula is C16H26ClN3O4. The highest BCUT2D eigenvalue weighted by molar-refractivity contribution is 6.33. The fourth-order valence-corrected chi connectivity index (χ4v) is 2.04. The molecule has 1 amide bonds. The number of nitrogens with zero attached hydrogens (tertiary/aromatic N) is 1. The normalized spacial score (nSPS) is 9.92. The van der Waals surface area contributed by atoms with Crippen molar-refractivity contribution in [3.8, 4) is 5.75 Å². The van der Waals surface area contributed by atoms with Gasteiger partial charge in [0.05, 0.1) is 23.4 Å². The van der Waals surface area contributed by atoms with E-state index in [0.717, 1.165) is 26.6 Å². The van der Waals surface area contributed by atoms with E-state index in [-0.39, 0.29) is 5.91 Å². The van der Waals surface area contributed by atoms with E-state index in [1.54, 1.807) is 6.07 Å². The zero-order valence-electron chi connectivity index (χ0n) is 14.6. The van der Waals surface area contributed by atoms with Crippen molar-refractivity contribution in [1.29, 1.82) is 0 Å². The Labute approximate surface area is 147 Å². The Balaban J connectivity index is 0.00000118. The average Bonchev–Trinajstić information content (AvgIpc) is 2.53. The van der Waals surface area contributed by atoms with E-state index < -0.39 is 5.97 Å². The molecule has 0 aliphatic rings. The third kappa shape index (κ3) is 8.03. The number of ether oxygens (including phenoxy) is 1. The predicted molar refractivity (Wildman–Crippen MR) is 95.8 cm³/mol. The zero-order chi connectivity index (χ0) is 18.7. The van der Waals surface area contributed by atoms with Gasteiger partial charge in [0.25, 0.3) is 11.9 Å². The maximum absolute atomic E-state index is 12.1. The maximum atomic E-state index is 12.1. The molecule has 1 aromatic carbocycles. The fourth-order valence-electron chi connectivity index (χ4n) is 1.88. The Morgan fingerprint density at radius 3 is 2.33 bits per heavy atom. The molecule has 8 heteroatoms. The van der Waals surface area contributed by atoms with Crippen LogP contribution in [0.3, 0.4) is 0 Å². The van der Waals surface area contributed by atoms with Crippen LogP contribution < -0.4 is 15.8 Å². The van der Waals surface area contributed by atoms with Gasteiger partial charge in [0.15, 0.2) is 0 Å². The second-order valence-electron chi connectivity index (χ2n) is 4.88. The number of rotatable bonds is 7. The molecule has 0 radical (unpaired) electrons. The number of halogens is 1. The number of carboxylic acid groups (broad SMARTS) is 1. The van der Waals surface area contributed by atoms with E-state index >= 15 is 0 Å². The number of aliphatic carboxylic acids is 1. The van der Waals surface area contributed by atoms with Gasteiger partial charge in [0.1, 0.15) is 5.75 Å². The summed E-state index contributed by atoms with van der Waals surface area (Å²) in [4.78, 5) is 23.4. The first-order chi connectivity index (χ1) is 11.3. The van der Waals surface area contributed by atoms with E-state index in [4.69, 9.17) is 32.0 Å². The first kappa shape index (κ1) is 22.0. The number of nitrogen functional groups attached to an aromatic ring is 1. The van der Waals surface area contributed by atoms with Crippen LogP contribution in [-0.4, -0.2) is 55.2 Å². The van der Waals surface area contributed by atoms with Gasteiger partial charge in [-0.05, 0) is 19.2 Å². The number of nitrogens with one attached hydrogen (secondary N) is 1. The lowest BCUT2D eigenvalue weighted by molar-refractivity contribution is -0.134. The number of amides is 1. The van der Waals surface area contributed by atoms with Crippen LogP contribution in [0.4, 0.5) is 5.69 Å². The third-order valence-corrected chi connectivity index (χ3v) is 3.50. The lowest BCUT2D eigenvalue weighted by Gasteiger charge is -2.18. The Hall–Kier alpha value is -1.99. The molecule has 4 N–H and O–H groups in total. The van der Waals surface area contributed by atoms with Gasteiger partial charge in [0.2, 0.25) is 0 Å². The lowest BCUT2D eigenvalue weighted by Crippen LogP contribution is -2.34. The smallest absolute Gasteiger partial charge is 0.300 e. The topological polar surface area (TPSA) is 105 Å². The first-order valence-electron chi connectivity index (χ1n) is 7.59. The van der Waals surface area contributed by atoms with Gasteiger partial charge >= 0.3 is 0 Å². The monoisotopic (exact) mass is 359 g/mol. The van der Waals surface area contributed by atoms with Gasteiger partial charge in [0, 0.05) is 26.1 Å².